The Bertz CT molecular complexity index is 1960. The van der Waals surface area contributed by atoms with E-state index in [0.717, 1.165) is 24.2 Å². The van der Waals surface area contributed by atoms with E-state index < -0.39 is 16.8 Å². The van der Waals surface area contributed by atoms with Crippen molar-refractivity contribution < 1.29 is 14.0 Å². The number of ether oxygens (including phenoxy) is 2. The van der Waals surface area contributed by atoms with Crippen LogP contribution in [0.5, 0.6) is 11.8 Å². The van der Waals surface area contributed by atoms with Crippen molar-refractivity contribution in [1.29, 1.82) is 0 Å². The minimum atomic E-state index is -0.616. The first-order valence-corrected chi connectivity index (χ1v) is 15.8. The van der Waals surface area contributed by atoms with Crippen molar-refractivity contribution in [1.82, 2.24) is 34.2 Å². The maximum absolute atomic E-state index is 13.6. The Labute approximate surface area is 264 Å². The lowest BCUT2D eigenvalue weighted by Gasteiger charge is -2.14. The number of H-pyrrole nitrogens is 1. The second kappa shape index (κ2) is 14.4. The summed E-state index contributed by atoms with van der Waals surface area (Å²) in [6, 6.07) is 13.1. The molecule has 1 saturated carbocycles. The fraction of sp³-hybridized carbons (Fsp3) is 0.424. The third-order valence-electron chi connectivity index (χ3n) is 8.01. The molecule has 1 N–H and O–H groups in total. The fourth-order valence-electron chi connectivity index (χ4n) is 5.35. The zero-order valence-electron chi connectivity index (χ0n) is 25.8. The highest BCUT2D eigenvalue weighted by Gasteiger charge is 2.22. The Morgan fingerprint density at radius 1 is 0.913 bits per heavy atom. The number of aryl methyl sites for hydroxylation is 3. The Hall–Kier alpha value is -5.07. The van der Waals surface area contributed by atoms with E-state index >= 15 is 0 Å². The minimum absolute atomic E-state index is 0.0221. The summed E-state index contributed by atoms with van der Waals surface area (Å²) in [5.74, 6) is 2.32. The van der Waals surface area contributed by atoms with Crippen LogP contribution in [0.25, 0.3) is 22.6 Å². The van der Waals surface area contributed by atoms with Gasteiger partial charge in [-0.2, -0.15) is 9.97 Å². The Balaban J connectivity index is 1.15. The van der Waals surface area contributed by atoms with Gasteiger partial charge in [0.05, 0.1) is 13.2 Å². The van der Waals surface area contributed by atoms with Crippen LogP contribution in [-0.4, -0.2) is 47.4 Å². The number of benzene rings is 1. The smallest absolute Gasteiger partial charge is 0.331 e. The molecule has 0 radical (unpaired) electrons. The largest absolute Gasteiger partial charge is 0.493 e. The summed E-state index contributed by atoms with van der Waals surface area (Å²) >= 11 is 0. The normalized spacial score (nSPS) is 12.9. The van der Waals surface area contributed by atoms with E-state index in [1.54, 1.807) is 18.3 Å². The van der Waals surface area contributed by atoms with Gasteiger partial charge in [-0.05, 0) is 62.3 Å². The molecule has 0 unspecified atom stereocenters. The van der Waals surface area contributed by atoms with Gasteiger partial charge >= 0.3 is 5.69 Å². The van der Waals surface area contributed by atoms with Crippen LogP contribution in [0.1, 0.15) is 56.3 Å². The Morgan fingerprint density at radius 2 is 1.72 bits per heavy atom. The van der Waals surface area contributed by atoms with Crippen LogP contribution in [0.3, 0.4) is 0 Å². The lowest BCUT2D eigenvalue weighted by Crippen LogP contribution is -2.42. The molecule has 0 saturated heterocycles. The molecule has 4 aromatic heterocycles. The van der Waals surface area contributed by atoms with Crippen LogP contribution in [0, 0.1) is 12.8 Å². The number of para-hydroxylation sites is 1. The van der Waals surface area contributed by atoms with E-state index in [-0.39, 0.29) is 30.2 Å². The van der Waals surface area contributed by atoms with Crippen molar-refractivity contribution in [3.05, 3.63) is 91.2 Å². The van der Waals surface area contributed by atoms with E-state index in [1.165, 1.54) is 22.0 Å². The second-order valence-electron chi connectivity index (χ2n) is 11.5. The molecule has 13 heteroatoms. The molecule has 240 valence electrons. The van der Waals surface area contributed by atoms with Gasteiger partial charge in [-0.1, -0.05) is 42.3 Å². The van der Waals surface area contributed by atoms with Crippen LogP contribution < -0.4 is 26.3 Å². The van der Waals surface area contributed by atoms with Crippen molar-refractivity contribution in [2.24, 2.45) is 5.92 Å². The lowest BCUT2D eigenvalue weighted by molar-refractivity contribution is 0.235. The van der Waals surface area contributed by atoms with Gasteiger partial charge in [-0.25, -0.2) is 4.79 Å². The number of aromatic nitrogens is 7. The van der Waals surface area contributed by atoms with Gasteiger partial charge in [0.15, 0.2) is 11.3 Å². The standard InChI is InChI=1S/C33H37N7O6/c1-22-10-2-3-13-25(22)44-20-9-21-45-32-36-27-28(29(41)37-32)39(19-8-11-23-15-16-23)33(43)40(31(27)42)18-7-5-14-26-35-30(46-38-26)24-12-4-6-17-34-24/h2-4,6,10,12-13,17,23H,5,7-9,11,14-16,18-21H2,1H3,(H,36,37,41). The average Bonchev–Trinajstić information content (AvgIpc) is 3.77. The molecule has 0 atom stereocenters. The van der Waals surface area contributed by atoms with Crippen LogP contribution in [0.4, 0.5) is 0 Å². The quantitative estimate of drug-likeness (QED) is 0.158. The van der Waals surface area contributed by atoms with Crippen LogP contribution >= 0.6 is 0 Å². The van der Waals surface area contributed by atoms with Gasteiger partial charge in [-0.3, -0.25) is 28.7 Å². The molecule has 46 heavy (non-hydrogen) atoms. The molecule has 5 aromatic rings. The second-order valence-corrected chi connectivity index (χ2v) is 11.5. The monoisotopic (exact) mass is 627 g/mol. The highest BCUT2D eigenvalue weighted by atomic mass is 16.5. The van der Waals surface area contributed by atoms with Gasteiger partial charge in [-0.15, -0.1) is 0 Å². The number of hydrogen-bond acceptors (Lipinski definition) is 10. The van der Waals surface area contributed by atoms with Gasteiger partial charge in [0.1, 0.15) is 17.0 Å². The molecule has 13 nitrogen and oxygen atoms in total. The molecule has 0 bridgehead atoms. The summed E-state index contributed by atoms with van der Waals surface area (Å²) < 4.78 is 19.4. The maximum Gasteiger partial charge on any atom is 0.331 e. The van der Waals surface area contributed by atoms with Crippen LogP contribution in [0.2, 0.25) is 0 Å². The SMILES string of the molecule is Cc1ccccc1OCCCOc1nc2c(=O)n(CCCCc3noc(-c4ccccn4)n3)c(=O)n(CCCC3CC3)c2c(=O)[nH]1. The van der Waals surface area contributed by atoms with Gasteiger partial charge in [0.25, 0.3) is 23.0 Å². The molecular formula is C33H37N7O6. The molecule has 6 rings (SSSR count). The van der Waals surface area contributed by atoms with Crippen LogP contribution in [-0.2, 0) is 19.5 Å². The molecule has 1 fully saturated rings. The van der Waals surface area contributed by atoms with Crippen LogP contribution in [0.15, 0.2) is 67.6 Å². The maximum atomic E-state index is 13.6. The van der Waals surface area contributed by atoms with Crippen molar-refractivity contribution in [3.63, 3.8) is 0 Å². The zero-order valence-corrected chi connectivity index (χ0v) is 25.8. The molecular weight excluding hydrogens is 590 g/mol. The molecule has 0 aliphatic heterocycles. The summed E-state index contributed by atoms with van der Waals surface area (Å²) in [5.41, 5.74) is -0.190. The number of pyridine rings is 1. The number of unbranched alkanes of at least 4 members (excludes halogenated alkanes) is 1. The van der Waals surface area contributed by atoms with Crippen molar-refractivity contribution in [2.45, 2.75) is 71.4 Å². The summed E-state index contributed by atoms with van der Waals surface area (Å²) in [7, 11) is 0. The van der Waals surface area contributed by atoms with E-state index in [2.05, 4.69) is 25.1 Å². The van der Waals surface area contributed by atoms with E-state index in [4.69, 9.17) is 14.0 Å². The molecule has 4 heterocycles. The number of nitrogens with one attached hydrogen (secondary N) is 1. The number of aromatic amines is 1. The molecule has 1 aliphatic rings. The predicted molar refractivity (Wildman–Crippen MR) is 170 cm³/mol. The highest BCUT2D eigenvalue weighted by Crippen LogP contribution is 2.33. The van der Waals surface area contributed by atoms with E-state index in [9.17, 15) is 14.4 Å². The predicted octanol–water partition coefficient (Wildman–Crippen LogP) is 4.06. The number of nitrogens with zero attached hydrogens (tertiary/aromatic N) is 6. The Kier molecular flexibility index (Phi) is 9.65. The molecule has 0 spiro atoms. The summed E-state index contributed by atoms with van der Waals surface area (Å²) in [6.45, 7) is 3.08. The van der Waals surface area contributed by atoms with Crippen molar-refractivity contribution >= 4 is 11.0 Å². The van der Waals surface area contributed by atoms with Crippen molar-refractivity contribution in [2.75, 3.05) is 13.2 Å². The third-order valence-corrected chi connectivity index (χ3v) is 8.01. The van der Waals surface area contributed by atoms with E-state index in [0.29, 0.717) is 62.2 Å². The third kappa shape index (κ3) is 7.41. The fourth-order valence-corrected chi connectivity index (χ4v) is 5.35. The number of hydrogen-bond donors (Lipinski definition) is 1. The van der Waals surface area contributed by atoms with Gasteiger partial charge in [0, 0.05) is 32.1 Å². The molecule has 1 aliphatic carbocycles. The molecule has 0 amide bonds. The number of fused-ring (bicyclic) bond motifs is 1. The van der Waals surface area contributed by atoms with Gasteiger partial charge in [0.2, 0.25) is 0 Å². The van der Waals surface area contributed by atoms with Crippen molar-refractivity contribution in [3.8, 4) is 23.3 Å². The summed E-state index contributed by atoms with van der Waals surface area (Å²) in [5, 5.41) is 4.02. The lowest BCUT2D eigenvalue weighted by atomic mass is 10.2. The first-order valence-electron chi connectivity index (χ1n) is 15.8. The van der Waals surface area contributed by atoms with Gasteiger partial charge < -0.3 is 14.0 Å². The average molecular weight is 628 g/mol. The summed E-state index contributed by atoms with van der Waals surface area (Å²) in [6.07, 6.45) is 7.87. The number of rotatable bonds is 16. The first kappa shape index (κ1) is 30.9. The minimum Gasteiger partial charge on any atom is -0.493 e. The highest BCUT2D eigenvalue weighted by molar-refractivity contribution is 5.72. The topological polar surface area (TPSA) is 160 Å². The molecule has 1 aromatic carbocycles. The summed E-state index contributed by atoms with van der Waals surface area (Å²) in [4.78, 5) is 56.1. The zero-order chi connectivity index (χ0) is 31.9. The first-order chi connectivity index (χ1) is 22.5. The Morgan fingerprint density at radius 3 is 2.52 bits per heavy atom. The van der Waals surface area contributed by atoms with E-state index in [1.807, 2.05) is 37.3 Å².